The first-order valence-corrected chi connectivity index (χ1v) is 6.80. The third kappa shape index (κ3) is 4.03. The van der Waals surface area contributed by atoms with Crippen molar-refractivity contribution in [2.24, 2.45) is 0 Å². The number of carbonyl (C=O) groups is 1. The van der Waals surface area contributed by atoms with Gasteiger partial charge in [0, 0.05) is 23.7 Å². The third-order valence-electron chi connectivity index (χ3n) is 2.85. The first-order chi connectivity index (χ1) is 9.46. The Morgan fingerprint density at radius 3 is 2.70 bits per heavy atom. The fraction of sp³-hybridized carbons (Fsp3) is 0.375. The molecule has 1 aromatic heterocycles. The minimum absolute atomic E-state index is 0.0101. The number of hydrogen-bond acceptors (Lipinski definition) is 3. The van der Waals surface area contributed by atoms with E-state index >= 15 is 0 Å². The van der Waals surface area contributed by atoms with E-state index in [1.165, 1.54) is 0 Å². The molecule has 0 unspecified atom stereocenters. The van der Waals surface area contributed by atoms with Gasteiger partial charge in [-0.05, 0) is 38.5 Å². The number of hydrogen-bond donors (Lipinski definition) is 2. The molecule has 0 aliphatic heterocycles. The van der Waals surface area contributed by atoms with E-state index in [1.54, 1.807) is 6.20 Å². The number of nitrogens with one attached hydrogen (secondary N) is 2. The van der Waals surface area contributed by atoms with Crippen molar-refractivity contribution in [1.29, 1.82) is 0 Å². The number of nitrogens with zero attached hydrogens (tertiary/aromatic N) is 1. The van der Waals surface area contributed by atoms with E-state index < -0.39 is 0 Å². The van der Waals surface area contributed by atoms with Crippen molar-refractivity contribution in [2.75, 3.05) is 6.54 Å². The van der Waals surface area contributed by atoms with E-state index in [0.717, 1.165) is 16.5 Å². The fourth-order valence-corrected chi connectivity index (χ4v) is 2.08. The van der Waals surface area contributed by atoms with Crippen LogP contribution >= 0.6 is 0 Å². The van der Waals surface area contributed by atoms with Gasteiger partial charge in [0.25, 0.3) is 0 Å². The number of aromatic nitrogens is 1. The monoisotopic (exact) mass is 271 g/mol. The van der Waals surface area contributed by atoms with Gasteiger partial charge >= 0.3 is 0 Å². The maximum Gasteiger partial charge on any atom is 0.234 e. The van der Waals surface area contributed by atoms with Crippen molar-refractivity contribution in [2.45, 2.75) is 32.9 Å². The normalized spacial score (nSPS) is 11.6. The highest BCUT2D eigenvalue weighted by atomic mass is 16.2. The molecule has 0 fully saturated rings. The van der Waals surface area contributed by atoms with Gasteiger partial charge in [-0.15, -0.1) is 0 Å². The second-order valence-corrected chi connectivity index (χ2v) is 5.89. The number of benzene rings is 1. The summed E-state index contributed by atoms with van der Waals surface area (Å²) in [5.74, 6) is 0.0101. The lowest BCUT2D eigenvalue weighted by atomic mass is 10.1. The van der Waals surface area contributed by atoms with Gasteiger partial charge < -0.3 is 10.6 Å². The summed E-state index contributed by atoms with van der Waals surface area (Å²) < 4.78 is 0. The third-order valence-corrected chi connectivity index (χ3v) is 2.85. The molecule has 0 spiro atoms. The summed E-state index contributed by atoms with van der Waals surface area (Å²) in [6, 6.07) is 10.00. The molecule has 2 aromatic rings. The molecule has 0 bridgehead atoms. The Balaban J connectivity index is 1.95. The quantitative estimate of drug-likeness (QED) is 0.896. The van der Waals surface area contributed by atoms with Crippen molar-refractivity contribution in [3.8, 4) is 0 Å². The molecule has 4 heteroatoms. The van der Waals surface area contributed by atoms with Crippen molar-refractivity contribution in [3.63, 3.8) is 0 Å². The fourth-order valence-electron chi connectivity index (χ4n) is 2.08. The highest BCUT2D eigenvalue weighted by molar-refractivity contribution is 5.82. The Hall–Kier alpha value is -1.94. The van der Waals surface area contributed by atoms with Gasteiger partial charge in [0.05, 0.1) is 12.1 Å². The Kier molecular flexibility index (Phi) is 4.35. The van der Waals surface area contributed by atoms with E-state index in [-0.39, 0.29) is 11.4 Å². The van der Waals surface area contributed by atoms with Crippen LogP contribution in [-0.2, 0) is 11.3 Å². The van der Waals surface area contributed by atoms with Gasteiger partial charge in [-0.2, -0.15) is 0 Å². The predicted octanol–water partition coefficient (Wildman–Crippen LogP) is 2.24. The number of fused-ring (bicyclic) bond motifs is 1. The zero-order chi connectivity index (χ0) is 14.6. The van der Waals surface area contributed by atoms with Crippen molar-refractivity contribution < 1.29 is 4.79 Å². The summed E-state index contributed by atoms with van der Waals surface area (Å²) in [6.45, 7) is 6.89. The smallest absolute Gasteiger partial charge is 0.234 e. The molecule has 1 heterocycles. The number of rotatable bonds is 4. The summed E-state index contributed by atoms with van der Waals surface area (Å²) in [4.78, 5) is 16.1. The van der Waals surface area contributed by atoms with Crippen LogP contribution in [0.3, 0.4) is 0 Å². The van der Waals surface area contributed by atoms with Gasteiger partial charge in [0.15, 0.2) is 0 Å². The van der Waals surface area contributed by atoms with Crippen LogP contribution in [0.5, 0.6) is 0 Å². The standard InChI is InChI=1S/C16H21N3O/c1-16(2,3)19-15(20)11-17-10-12-8-9-18-14-7-5-4-6-13(12)14/h4-9,17H,10-11H2,1-3H3,(H,19,20). The van der Waals surface area contributed by atoms with Crippen molar-refractivity contribution in [1.82, 2.24) is 15.6 Å². The lowest BCUT2D eigenvalue weighted by Gasteiger charge is -2.20. The number of pyridine rings is 1. The van der Waals surface area contributed by atoms with E-state index in [9.17, 15) is 4.79 Å². The van der Waals surface area contributed by atoms with Gasteiger partial charge in [-0.3, -0.25) is 9.78 Å². The summed E-state index contributed by atoms with van der Waals surface area (Å²) in [5.41, 5.74) is 1.94. The topological polar surface area (TPSA) is 54.0 Å². The zero-order valence-electron chi connectivity index (χ0n) is 12.2. The molecular weight excluding hydrogens is 250 g/mol. The van der Waals surface area contributed by atoms with Crippen LogP contribution in [0.25, 0.3) is 10.9 Å². The Bertz CT molecular complexity index is 597. The first-order valence-electron chi connectivity index (χ1n) is 6.80. The van der Waals surface area contributed by atoms with E-state index in [0.29, 0.717) is 13.1 Å². The van der Waals surface area contributed by atoms with Gasteiger partial charge in [0.1, 0.15) is 0 Å². The van der Waals surface area contributed by atoms with E-state index in [1.807, 2.05) is 45.0 Å². The average Bonchev–Trinajstić information content (AvgIpc) is 2.37. The van der Waals surface area contributed by atoms with Crippen molar-refractivity contribution >= 4 is 16.8 Å². The summed E-state index contributed by atoms with van der Waals surface area (Å²) in [5, 5.41) is 7.23. The molecule has 0 radical (unpaired) electrons. The number of para-hydroxylation sites is 1. The molecule has 0 saturated carbocycles. The second kappa shape index (κ2) is 6.01. The van der Waals surface area contributed by atoms with Gasteiger partial charge in [-0.1, -0.05) is 18.2 Å². The zero-order valence-corrected chi connectivity index (χ0v) is 12.2. The Morgan fingerprint density at radius 1 is 1.20 bits per heavy atom. The largest absolute Gasteiger partial charge is 0.350 e. The Labute approximate surface area is 119 Å². The molecule has 2 N–H and O–H groups in total. The molecule has 4 nitrogen and oxygen atoms in total. The molecular formula is C16H21N3O. The lowest BCUT2D eigenvalue weighted by molar-refractivity contribution is -0.121. The second-order valence-electron chi connectivity index (χ2n) is 5.89. The summed E-state index contributed by atoms with van der Waals surface area (Å²) in [7, 11) is 0. The molecule has 1 amide bonds. The van der Waals surface area contributed by atoms with Gasteiger partial charge in [-0.25, -0.2) is 0 Å². The maximum absolute atomic E-state index is 11.7. The maximum atomic E-state index is 11.7. The molecule has 1 aromatic carbocycles. The lowest BCUT2D eigenvalue weighted by Crippen LogP contribution is -2.44. The molecule has 106 valence electrons. The summed E-state index contributed by atoms with van der Waals surface area (Å²) >= 11 is 0. The molecule has 20 heavy (non-hydrogen) atoms. The highest BCUT2D eigenvalue weighted by Gasteiger charge is 2.13. The average molecular weight is 271 g/mol. The van der Waals surface area contributed by atoms with Crippen LogP contribution in [0, 0.1) is 0 Å². The highest BCUT2D eigenvalue weighted by Crippen LogP contribution is 2.15. The van der Waals surface area contributed by atoms with Crippen LogP contribution in [0.15, 0.2) is 36.5 Å². The minimum Gasteiger partial charge on any atom is -0.350 e. The van der Waals surface area contributed by atoms with Gasteiger partial charge in [0.2, 0.25) is 5.91 Å². The molecule has 0 aliphatic rings. The molecule has 0 saturated heterocycles. The molecule has 0 aliphatic carbocycles. The van der Waals surface area contributed by atoms with Crippen LogP contribution in [-0.4, -0.2) is 23.0 Å². The first kappa shape index (κ1) is 14.5. The van der Waals surface area contributed by atoms with Crippen LogP contribution in [0.4, 0.5) is 0 Å². The van der Waals surface area contributed by atoms with E-state index in [2.05, 4.69) is 21.7 Å². The van der Waals surface area contributed by atoms with Crippen molar-refractivity contribution in [3.05, 3.63) is 42.1 Å². The van der Waals surface area contributed by atoms with Crippen LogP contribution in [0.1, 0.15) is 26.3 Å². The summed E-state index contributed by atoms with van der Waals surface area (Å²) in [6.07, 6.45) is 1.80. The number of amides is 1. The predicted molar refractivity (Wildman–Crippen MR) is 81.3 cm³/mol. The van der Waals surface area contributed by atoms with Crippen LogP contribution in [0.2, 0.25) is 0 Å². The van der Waals surface area contributed by atoms with Crippen LogP contribution < -0.4 is 10.6 Å². The Morgan fingerprint density at radius 2 is 1.95 bits per heavy atom. The molecule has 0 atom stereocenters. The molecule has 2 rings (SSSR count). The van der Waals surface area contributed by atoms with E-state index in [4.69, 9.17) is 0 Å². The number of carbonyl (C=O) groups excluding carboxylic acids is 1. The SMILES string of the molecule is CC(C)(C)NC(=O)CNCc1ccnc2ccccc12. The minimum atomic E-state index is -0.192.